The van der Waals surface area contributed by atoms with Crippen molar-refractivity contribution >= 4 is 22.7 Å². The molecule has 0 saturated heterocycles. The van der Waals surface area contributed by atoms with E-state index in [1.807, 2.05) is 6.92 Å². The molecule has 0 unspecified atom stereocenters. The molecule has 0 amide bonds. The SMILES string of the molecule is Cc1cc(CNc2ccc([N+](=O)[O-])cc2C)c(C)s1. The maximum atomic E-state index is 10.7. The van der Waals surface area contributed by atoms with E-state index in [1.165, 1.54) is 21.4 Å². The van der Waals surface area contributed by atoms with Gasteiger partial charge in [0.2, 0.25) is 0 Å². The number of nitro benzene ring substituents is 1. The number of nitrogens with zero attached hydrogens (tertiary/aromatic N) is 1. The number of nitrogens with one attached hydrogen (secondary N) is 1. The Morgan fingerprint density at radius 1 is 1.26 bits per heavy atom. The molecule has 4 nitrogen and oxygen atoms in total. The normalized spacial score (nSPS) is 10.5. The van der Waals surface area contributed by atoms with Crippen molar-refractivity contribution in [3.8, 4) is 0 Å². The van der Waals surface area contributed by atoms with E-state index in [1.54, 1.807) is 23.5 Å². The second-order valence-electron chi connectivity index (χ2n) is 4.55. The van der Waals surface area contributed by atoms with Gasteiger partial charge in [-0.3, -0.25) is 10.1 Å². The topological polar surface area (TPSA) is 55.2 Å². The Balaban J connectivity index is 2.12. The summed E-state index contributed by atoms with van der Waals surface area (Å²) in [5, 5.41) is 14.0. The third-order valence-electron chi connectivity index (χ3n) is 3.03. The van der Waals surface area contributed by atoms with Crippen molar-refractivity contribution in [2.75, 3.05) is 5.32 Å². The number of aryl methyl sites for hydroxylation is 3. The molecule has 19 heavy (non-hydrogen) atoms. The van der Waals surface area contributed by atoms with Crippen LogP contribution in [0.1, 0.15) is 20.9 Å². The summed E-state index contributed by atoms with van der Waals surface area (Å²) in [5.41, 5.74) is 3.23. The van der Waals surface area contributed by atoms with Gasteiger partial charge in [-0.15, -0.1) is 11.3 Å². The fourth-order valence-electron chi connectivity index (χ4n) is 2.01. The third-order valence-corrected chi connectivity index (χ3v) is 4.04. The first-order chi connectivity index (χ1) is 8.97. The largest absolute Gasteiger partial charge is 0.381 e. The smallest absolute Gasteiger partial charge is 0.269 e. The Labute approximate surface area is 116 Å². The number of non-ortho nitro benzene ring substituents is 1. The highest BCUT2D eigenvalue weighted by atomic mass is 32.1. The molecule has 0 fully saturated rings. The Hall–Kier alpha value is -1.88. The molecule has 0 radical (unpaired) electrons. The lowest BCUT2D eigenvalue weighted by molar-refractivity contribution is -0.384. The van der Waals surface area contributed by atoms with Crippen molar-refractivity contribution in [3.05, 3.63) is 55.3 Å². The lowest BCUT2D eigenvalue weighted by Crippen LogP contribution is -2.01. The predicted octanol–water partition coefficient (Wildman–Crippen LogP) is 4.19. The molecule has 2 aromatic rings. The van der Waals surface area contributed by atoms with Crippen molar-refractivity contribution in [1.82, 2.24) is 0 Å². The highest BCUT2D eigenvalue weighted by molar-refractivity contribution is 7.12. The van der Waals surface area contributed by atoms with Crippen LogP contribution in [0.3, 0.4) is 0 Å². The summed E-state index contributed by atoms with van der Waals surface area (Å²) >= 11 is 1.79. The molecule has 0 saturated carbocycles. The third kappa shape index (κ3) is 3.12. The van der Waals surface area contributed by atoms with Crippen LogP contribution in [0.2, 0.25) is 0 Å². The van der Waals surface area contributed by atoms with E-state index in [-0.39, 0.29) is 10.6 Å². The van der Waals surface area contributed by atoms with Crippen LogP contribution in [-0.2, 0) is 6.54 Å². The Kier molecular flexibility index (Phi) is 3.85. The van der Waals surface area contributed by atoms with Gasteiger partial charge in [0, 0.05) is 34.1 Å². The molecule has 5 heteroatoms. The van der Waals surface area contributed by atoms with Gasteiger partial charge in [0.25, 0.3) is 5.69 Å². The van der Waals surface area contributed by atoms with Crippen LogP contribution in [0.5, 0.6) is 0 Å². The lowest BCUT2D eigenvalue weighted by atomic mass is 10.1. The summed E-state index contributed by atoms with van der Waals surface area (Å²) < 4.78 is 0. The molecule has 1 aromatic heterocycles. The highest BCUT2D eigenvalue weighted by Gasteiger charge is 2.08. The monoisotopic (exact) mass is 276 g/mol. The van der Waals surface area contributed by atoms with E-state index >= 15 is 0 Å². The molecule has 2 rings (SSSR count). The lowest BCUT2D eigenvalue weighted by Gasteiger charge is -2.09. The number of rotatable bonds is 4. The average Bonchev–Trinajstić information content (AvgIpc) is 2.66. The van der Waals surface area contributed by atoms with Crippen LogP contribution < -0.4 is 5.32 Å². The van der Waals surface area contributed by atoms with Gasteiger partial charge in [-0.1, -0.05) is 0 Å². The first kappa shape index (κ1) is 13.5. The van der Waals surface area contributed by atoms with Crippen LogP contribution in [0, 0.1) is 30.9 Å². The molecule has 0 bridgehead atoms. The molecule has 1 heterocycles. The average molecular weight is 276 g/mol. The zero-order valence-corrected chi connectivity index (χ0v) is 12.0. The van der Waals surface area contributed by atoms with E-state index in [0.717, 1.165) is 17.8 Å². The maximum Gasteiger partial charge on any atom is 0.269 e. The highest BCUT2D eigenvalue weighted by Crippen LogP contribution is 2.24. The minimum absolute atomic E-state index is 0.130. The summed E-state index contributed by atoms with van der Waals surface area (Å²) in [6.07, 6.45) is 0. The number of anilines is 1. The quantitative estimate of drug-likeness (QED) is 0.672. The molecule has 0 spiro atoms. The number of benzene rings is 1. The second-order valence-corrected chi connectivity index (χ2v) is 6.01. The van der Waals surface area contributed by atoms with Gasteiger partial charge in [-0.25, -0.2) is 0 Å². The van der Waals surface area contributed by atoms with Crippen molar-refractivity contribution in [2.45, 2.75) is 27.3 Å². The zero-order chi connectivity index (χ0) is 14.0. The molecule has 0 aliphatic rings. The zero-order valence-electron chi connectivity index (χ0n) is 11.2. The van der Waals surface area contributed by atoms with Gasteiger partial charge in [0.05, 0.1) is 4.92 Å². The predicted molar refractivity (Wildman–Crippen MR) is 79.0 cm³/mol. The summed E-state index contributed by atoms with van der Waals surface area (Å²) in [5.74, 6) is 0. The molecular weight excluding hydrogens is 260 g/mol. The van der Waals surface area contributed by atoms with E-state index in [2.05, 4.69) is 25.2 Å². The number of thiophene rings is 1. The molecule has 0 aliphatic heterocycles. The van der Waals surface area contributed by atoms with Gasteiger partial charge < -0.3 is 5.32 Å². The number of nitro groups is 1. The van der Waals surface area contributed by atoms with E-state index in [4.69, 9.17) is 0 Å². The summed E-state index contributed by atoms with van der Waals surface area (Å²) in [4.78, 5) is 12.9. The molecule has 0 atom stereocenters. The molecule has 100 valence electrons. The van der Waals surface area contributed by atoms with Crippen molar-refractivity contribution in [2.24, 2.45) is 0 Å². The first-order valence-corrected chi connectivity index (χ1v) is 6.84. The fraction of sp³-hybridized carbons (Fsp3) is 0.286. The van der Waals surface area contributed by atoms with Crippen molar-refractivity contribution in [1.29, 1.82) is 0 Å². The standard InChI is InChI=1S/C14H16N2O2S/c1-9-6-13(16(17)18)4-5-14(9)15-8-12-7-10(2)19-11(12)3/h4-7,15H,8H2,1-3H3. The molecule has 0 aliphatic carbocycles. The van der Waals surface area contributed by atoms with E-state index in [0.29, 0.717) is 0 Å². The first-order valence-electron chi connectivity index (χ1n) is 6.02. The van der Waals surface area contributed by atoms with Crippen LogP contribution in [0.15, 0.2) is 24.3 Å². The van der Waals surface area contributed by atoms with Gasteiger partial charge >= 0.3 is 0 Å². The van der Waals surface area contributed by atoms with Crippen LogP contribution in [-0.4, -0.2) is 4.92 Å². The minimum atomic E-state index is -0.372. The summed E-state index contributed by atoms with van der Waals surface area (Å²) in [7, 11) is 0. The Morgan fingerprint density at radius 2 is 2.00 bits per heavy atom. The summed E-state index contributed by atoms with van der Waals surface area (Å²) in [6.45, 7) is 6.82. The number of hydrogen-bond acceptors (Lipinski definition) is 4. The summed E-state index contributed by atoms with van der Waals surface area (Å²) in [6, 6.07) is 7.06. The van der Waals surface area contributed by atoms with Crippen LogP contribution in [0.4, 0.5) is 11.4 Å². The van der Waals surface area contributed by atoms with Crippen LogP contribution >= 0.6 is 11.3 Å². The van der Waals surface area contributed by atoms with Crippen molar-refractivity contribution in [3.63, 3.8) is 0 Å². The second kappa shape index (κ2) is 5.40. The maximum absolute atomic E-state index is 10.7. The minimum Gasteiger partial charge on any atom is -0.381 e. The van der Waals surface area contributed by atoms with Gasteiger partial charge in [-0.2, -0.15) is 0 Å². The van der Waals surface area contributed by atoms with Gasteiger partial charge in [0.15, 0.2) is 0 Å². The Morgan fingerprint density at radius 3 is 2.53 bits per heavy atom. The van der Waals surface area contributed by atoms with Crippen molar-refractivity contribution < 1.29 is 4.92 Å². The van der Waals surface area contributed by atoms with E-state index < -0.39 is 0 Å². The van der Waals surface area contributed by atoms with Crippen LogP contribution in [0.25, 0.3) is 0 Å². The fourth-order valence-corrected chi connectivity index (χ4v) is 2.96. The molecule has 1 aromatic carbocycles. The molecule has 1 N–H and O–H groups in total. The van der Waals surface area contributed by atoms with Gasteiger partial charge in [-0.05, 0) is 44.0 Å². The van der Waals surface area contributed by atoms with E-state index in [9.17, 15) is 10.1 Å². The number of hydrogen-bond donors (Lipinski definition) is 1. The Bertz CT molecular complexity index is 620. The van der Waals surface area contributed by atoms with Gasteiger partial charge in [0.1, 0.15) is 0 Å². The molecular formula is C14H16N2O2S.